The molecule has 108 valence electrons. The summed E-state index contributed by atoms with van der Waals surface area (Å²) in [4.78, 5) is 0. The van der Waals surface area contributed by atoms with Crippen LogP contribution in [0.2, 0.25) is 0 Å². The van der Waals surface area contributed by atoms with Crippen molar-refractivity contribution in [2.45, 2.75) is 57.5 Å². The lowest BCUT2D eigenvalue weighted by molar-refractivity contribution is 0.192. The van der Waals surface area contributed by atoms with Crippen molar-refractivity contribution in [1.29, 1.82) is 0 Å². The van der Waals surface area contributed by atoms with Gasteiger partial charge in [-0.3, -0.25) is 4.68 Å². The Hall–Kier alpha value is -0.870. The molecule has 19 heavy (non-hydrogen) atoms. The van der Waals surface area contributed by atoms with Gasteiger partial charge in [-0.15, -0.1) is 0 Å². The van der Waals surface area contributed by atoms with Crippen molar-refractivity contribution in [3.05, 3.63) is 18.0 Å². The van der Waals surface area contributed by atoms with Crippen molar-refractivity contribution in [2.24, 2.45) is 0 Å². The van der Waals surface area contributed by atoms with Crippen LogP contribution >= 0.6 is 0 Å². The van der Waals surface area contributed by atoms with Gasteiger partial charge in [0.1, 0.15) is 0 Å². The first-order chi connectivity index (χ1) is 9.40. The Kier molecular flexibility index (Phi) is 6.37. The van der Waals surface area contributed by atoms with E-state index in [1.807, 2.05) is 0 Å². The van der Waals surface area contributed by atoms with E-state index in [9.17, 15) is 0 Å². The Morgan fingerprint density at radius 1 is 1.32 bits per heavy atom. The number of aromatic nitrogens is 2. The van der Waals surface area contributed by atoms with Crippen LogP contribution in [0, 0.1) is 0 Å². The van der Waals surface area contributed by atoms with Crippen molar-refractivity contribution in [1.82, 2.24) is 15.1 Å². The number of hydrogen-bond acceptors (Lipinski definition) is 3. The van der Waals surface area contributed by atoms with Crippen molar-refractivity contribution in [2.75, 3.05) is 20.3 Å². The SMILES string of the molecule is COCCCCCNCc1ccn(C2CCCC2)n1. The quantitative estimate of drug-likeness (QED) is 0.698. The standard InChI is InChI=1S/C15H27N3O/c1-19-12-6-2-5-10-16-13-14-9-11-18(17-14)15-7-3-4-8-15/h9,11,15-16H,2-8,10,12-13H2,1H3. The zero-order chi connectivity index (χ0) is 13.3. The second-order valence-electron chi connectivity index (χ2n) is 5.46. The molecule has 0 atom stereocenters. The van der Waals surface area contributed by atoms with Crippen LogP contribution in [0.4, 0.5) is 0 Å². The van der Waals surface area contributed by atoms with Gasteiger partial charge in [0.2, 0.25) is 0 Å². The summed E-state index contributed by atoms with van der Waals surface area (Å²) in [5.41, 5.74) is 1.17. The summed E-state index contributed by atoms with van der Waals surface area (Å²) >= 11 is 0. The van der Waals surface area contributed by atoms with Gasteiger partial charge < -0.3 is 10.1 Å². The number of ether oxygens (including phenoxy) is 1. The van der Waals surface area contributed by atoms with E-state index < -0.39 is 0 Å². The minimum Gasteiger partial charge on any atom is -0.385 e. The van der Waals surface area contributed by atoms with E-state index >= 15 is 0 Å². The number of unbranched alkanes of at least 4 members (excludes halogenated alkanes) is 2. The van der Waals surface area contributed by atoms with Gasteiger partial charge in [-0.1, -0.05) is 12.8 Å². The fraction of sp³-hybridized carbons (Fsp3) is 0.800. The Balaban J connectivity index is 1.58. The van der Waals surface area contributed by atoms with Crippen LogP contribution in [0.3, 0.4) is 0 Å². The van der Waals surface area contributed by atoms with E-state index in [1.54, 1.807) is 7.11 Å². The Morgan fingerprint density at radius 3 is 2.95 bits per heavy atom. The van der Waals surface area contributed by atoms with E-state index in [0.29, 0.717) is 6.04 Å². The van der Waals surface area contributed by atoms with Crippen LogP contribution in [-0.4, -0.2) is 30.0 Å². The molecule has 1 saturated carbocycles. The molecule has 0 amide bonds. The van der Waals surface area contributed by atoms with Gasteiger partial charge in [0.25, 0.3) is 0 Å². The van der Waals surface area contributed by atoms with Crippen LogP contribution in [0.25, 0.3) is 0 Å². The summed E-state index contributed by atoms with van der Waals surface area (Å²) in [6.45, 7) is 2.84. The lowest BCUT2D eigenvalue weighted by Gasteiger charge is -2.09. The zero-order valence-electron chi connectivity index (χ0n) is 12.1. The molecular formula is C15H27N3O. The molecule has 0 aromatic carbocycles. The van der Waals surface area contributed by atoms with Crippen molar-refractivity contribution < 1.29 is 4.74 Å². The minimum absolute atomic E-state index is 0.655. The molecule has 0 radical (unpaired) electrons. The van der Waals surface area contributed by atoms with E-state index in [0.717, 1.165) is 26.1 Å². The summed E-state index contributed by atoms with van der Waals surface area (Å²) in [6, 6.07) is 2.80. The Labute approximate surface area is 116 Å². The highest BCUT2D eigenvalue weighted by Crippen LogP contribution is 2.28. The van der Waals surface area contributed by atoms with E-state index in [-0.39, 0.29) is 0 Å². The molecule has 1 aromatic rings. The van der Waals surface area contributed by atoms with E-state index in [1.165, 1.54) is 44.2 Å². The fourth-order valence-electron chi connectivity index (χ4n) is 2.73. The molecule has 0 unspecified atom stereocenters. The average molecular weight is 265 g/mol. The molecule has 1 aliphatic rings. The summed E-state index contributed by atoms with van der Waals surface area (Å²) < 4.78 is 7.21. The van der Waals surface area contributed by atoms with E-state index in [2.05, 4.69) is 27.4 Å². The molecule has 0 bridgehead atoms. The number of nitrogens with one attached hydrogen (secondary N) is 1. The zero-order valence-corrected chi connectivity index (χ0v) is 12.1. The largest absolute Gasteiger partial charge is 0.385 e. The van der Waals surface area contributed by atoms with Gasteiger partial charge in [-0.25, -0.2) is 0 Å². The molecule has 2 rings (SSSR count). The second-order valence-corrected chi connectivity index (χ2v) is 5.46. The summed E-state index contributed by atoms with van der Waals surface area (Å²) in [5, 5.41) is 8.14. The predicted molar refractivity (Wildman–Crippen MR) is 77.2 cm³/mol. The van der Waals surface area contributed by atoms with Gasteiger partial charge in [-0.05, 0) is 44.7 Å². The third kappa shape index (κ3) is 4.96. The maximum absolute atomic E-state index is 5.04. The Bertz CT molecular complexity index is 345. The molecule has 0 aliphatic heterocycles. The molecule has 0 spiro atoms. The first kappa shape index (κ1) is 14.5. The third-order valence-electron chi connectivity index (χ3n) is 3.87. The van der Waals surface area contributed by atoms with Gasteiger partial charge in [-0.2, -0.15) is 5.10 Å². The highest BCUT2D eigenvalue weighted by molar-refractivity contribution is 4.99. The van der Waals surface area contributed by atoms with Crippen LogP contribution in [-0.2, 0) is 11.3 Å². The summed E-state index contributed by atoms with van der Waals surface area (Å²) in [6.07, 6.45) is 11.1. The number of nitrogens with zero attached hydrogens (tertiary/aromatic N) is 2. The predicted octanol–water partition coefficient (Wildman–Crippen LogP) is 2.90. The maximum Gasteiger partial charge on any atom is 0.0762 e. The highest BCUT2D eigenvalue weighted by atomic mass is 16.5. The van der Waals surface area contributed by atoms with Crippen LogP contribution < -0.4 is 5.32 Å². The number of hydrogen-bond donors (Lipinski definition) is 1. The molecule has 1 aliphatic carbocycles. The van der Waals surface area contributed by atoms with Gasteiger partial charge in [0, 0.05) is 26.5 Å². The Morgan fingerprint density at radius 2 is 2.16 bits per heavy atom. The molecular weight excluding hydrogens is 238 g/mol. The van der Waals surface area contributed by atoms with Gasteiger partial charge in [0.05, 0.1) is 11.7 Å². The summed E-state index contributed by atoms with van der Waals surface area (Å²) in [7, 11) is 1.76. The molecule has 0 saturated heterocycles. The number of methoxy groups -OCH3 is 1. The molecule has 1 fully saturated rings. The van der Waals surface area contributed by atoms with Crippen molar-refractivity contribution >= 4 is 0 Å². The second kappa shape index (κ2) is 8.33. The molecule has 1 heterocycles. The average Bonchev–Trinajstić information content (AvgIpc) is 3.08. The molecule has 4 heteroatoms. The minimum atomic E-state index is 0.655. The molecule has 1 N–H and O–H groups in total. The van der Waals surface area contributed by atoms with Crippen molar-refractivity contribution in [3.8, 4) is 0 Å². The highest BCUT2D eigenvalue weighted by Gasteiger charge is 2.17. The van der Waals surface area contributed by atoms with Gasteiger partial charge >= 0.3 is 0 Å². The fourth-order valence-corrected chi connectivity index (χ4v) is 2.73. The van der Waals surface area contributed by atoms with Gasteiger partial charge in [0.15, 0.2) is 0 Å². The maximum atomic E-state index is 5.04. The smallest absolute Gasteiger partial charge is 0.0762 e. The lowest BCUT2D eigenvalue weighted by Crippen LogP contribution is -2.16. The molecule has 4 nitrogen and oxygen atoms in total. The first-order valence-corrected chi connectivity index (χ1v) is 7.64. The van der Waals surface area contributed by atoms with Crippen LogP contribution in [0.15, 0.2) is 12.3 Å². The normalized spacial score (nSPS) is 16.3. The number of rotatable bonds is 9. The van der Waals surface area contributed by atoms with E-state index in [4.69, 9.17) is 4.74 Å². The van der Waals surface area contributed by atoms with Crippen LogP contribution in [0.5, 0.6) is 0 Å². The summed E-state index contributed by atoms with van der Waals surface area (Å²) in [5.74, 6) is 0. The third-order valence-corrected chi connectivity index (χ3v) is 3.87. The van der Waals surface area contributed by atoms with Crippen LogP contribution in [0.1, 0.15) is 56.7 Å². The van der Waals surface area contributed by atoms with Crippen molar-refractivity contribution in [3.63, 3.8) is 0 Å². The first-order valence-electron chi connectivity index (χ1n) is 7.64. The molecule has 1 aromatic heterocycles. The topological polar surface area (TPSA) is 39.1 Å². The lowest BCUT2D eigenvalue weighted by atomic mass is 10.2. The monoisotopic (exact) mass is 265 g/mol.